The molecule has 164 valence electrons. The van der Waals surface area contributed by atoms with Crippen molar-refractivity contribution in [3.8, 4) is 5.75 Å². The summed E-state index contributed by atoms with van der Waals surface area (Å²) in [4.78, 5) is 12.4. The zero-order chi connectivity index (χ0) is 22.3. The van der Waals surface area contributed by atoms with Gasteiger partial charge in [0.2, 0.25) is 0 Å². The molecule has 0 unspecified atom stereocenters. The van der Waals surface area contributed by atoms with Crippen LogP contribution in [0.2, 0.25) is 0 Å². The Balaban J connectivity index is 1.84. The summed E-state index contributed by atoms with van der Waals surface area (Å²) >= 11 is 0. The van der Waals surface area contributed by atoms with E-state index in [2.05, 4.69) is 5.10 Å². The third kappa shape index (κ3) is 5.24. The molecule has 0 saturated heterocycles. The Bertz CT molecular complexity index is 1070. The van der Waals surface area contributed by atoms with Crippen LogP contribution >= 0.6 is 0 Å². The molecule has 0 bridgehead atoms. The number of sulfonamides is 1. The lowest BCUT2D eigenvalue weighted by atomic mass is 10.2. The Labute approximate surface area is 182 Å². The molecule has 0 aliphatic rings. The molecule has 1 aromatic heterocycles. The van der Waals surface area contributed by atoms with E-state index in [1.165, 1.54) is 19.2 Å². The number of nitrogens with zero attached hydrogens (tertiary/aromatic N) is 3. The highest BCUT2D eigenvalue weighted by Gasteiger charge is 2.35. The second-order valence-electron chi connectivity index (χ2n) is 6.67. The average molecular weight is 444 g/mol. The lowest BCUT2D eigenvalue weighted by molar-refractivity contribution is -0.142. The third-order valence-electron chi connectivity index (χ3n) is 4.68. The number of benzene rings is 2. The van der Waals surface area contributed by atoms with Crippen LogP contribution in [-0.4, -0.2) is 43.9 Å². The van der Waals surface area contributed by atoms with Crippen molar-refractivity contribution in [2.45, 2.75) is 30.8 Å². The minimum atomic E-state index is -4.03. The summed E-state index contributed by atoms with van der Waals surface area (Å²) in [6.45, 7) is 2.71. The maximum atomic E-state index is 13.5. The van der Waals surface area contributed by atoms with Crippen LogP contribution < -0.4 is 9.04 Å². The van der Waals surface area contributed by atoms with Gasteiger partial charge in [0.15, 0.2) is 0 Å². The van der Waals surface area contributed by atoms with Crippen LogP contribution in [0, 0.1) is 0 Å². The predicted molar refractivity (Wildman–Crippen MR) is 116 cm³/mol. The van der Waals surface area contributed by atoms with Gasteiger partial charge in [0, 0.05) is 12.4 Å². The molecule has 31 heavy (non-hydrogen) atoms. The van der Waals surface area contributed by atoms with Crippen molar-refractivity contribution in [2.75, 3.05) is 18.0 Å². The number of carbonyl (C=O) groups excluding carboxylic acids is 1. The van der Waals surface area contributed by atoms with Crippen molar-refractivity contribution in [3.63, 3.8) is 0 Å². The molecule has 0 fully saturated rings. The first-order chi connectivity index (χ1) is 15.0. The van der Waals surface area contributed by atoms with Gasteiger partial charge in [-0.3, -0.25) is 8.99 Å². The van der Waals surface area contributed by atoms with Gasteiger partial charge < -0.3 is 9.47 Å². The largest absolute Gasteiger partial charge is 0.492 e. The van der Waals surface area contributed by atoms with Gasteiger partial charge in [-0.15, -0.1) is 0 Å². The Morgan fingerprint density at radius 2 is 1.81 bits per heavy atom. The Morgan fingerprint density at radius 1 is 1.10 bits per heavy atom. The van der Waals surface area contributed by atoms with E-state index in [4.69, 9.17) is 9.47 Å². The number of hydrogen-bond acceptors (Lipinski definition) is 6. The average Bonchev–Trinajstić information content (AvgIpc) is 3.31. The maximum absolute atomic E-state index is 13.5. The highest BCUT2D eigenvalue weighted by atomic mass is 32.2. The van der Waals surface area contributed by atoms with Crippen LogP contribution in [-0.2, 0) is 26.1 Å². The van der Waals surface area contributed by atoms with Crippen molar-refractivity contribution in [2.24, 2.45) is 0 Å². The first-order valence-corrected chi connectivity index (χ1v) is 11.3. The smallest absolute Gasteiger partial charge is 0.329 e. The second-order valence-corrected chi connectivity index (χ2v) is 8.49. The molecular weight excluding hydrogens is 418 g/mol. The predicted octanol–water partition coefficient (Wildman–Crippen LogP) is 3.11. The zero-order valence-corrected chi connectivity index (χ0v) is 18.2. The van der Waals surface area contributed by atoms with Gasteiger partial charge in [0.25, 0.3) is 10.0 Å². The molecule has 1 heterocycles. The van der Waals surface area contributed by atoms with Crippen molar-refractivity contribution in [1.82, 2.24) is 9.78 Å². The summed E-state index contributed by atoms with van der Waals surface area (Å²) < 4.78 is 40.4. The minimum Gasteiger partial charge on any atom is -0.492 e. The number of esters is 1. The summed E-state index contributed by atoms with van der Waals surface area (Å²) in [7, 11) is -2.78. The fourth-order valence-corrected chi connectivity index (χ4v) is 4.81. The van der Waals surface area contributed by atoms with E-state index in [9.17, 15) is 13.2 Å². The quantitative estimate of drug-likeness (QED) is 0.447. The number of para-hydroxylation sites is 1. The lowest BCUT2D eigenvalue weighted by Crippen LogP contribution is -2.45. The number of methoxy groups -OCH3 is 1. The summed E-state index contributed by atoms with van der Waals surface area (Å²) in [5.41, 5.74) is 0.388. The highest BCUT2D eigenvalue weighted by Crippen LogP contribution is 2.28. The summed E-state index contributed by atoms with van der Waals surface area (Å²) in [6, 6.07) is 15.5. The Morgan fingerprint density at radius 3 is 2.39 bits per heavy atom. The van der Waals surface area contributed by atoms with E-state index in [0.29, 0.717) is 24.6 Å². The molecule has 0 aliphatic heterocycles. The number of rotatable bonds is 10. The molecule has 8 nitrogen and oxygen atoms in total. The molecule has 0 amide bonds. The van der Waals surface area contributed by atoms with E-state index < -0.39 is 22.0 Å². The lowest BCUT2D eigenvalue weighted by Gasteiger charge is -2.30. The molecular formula is C22H25N3O5S. The molecule has 0 radical (unpaired) electrons. The summed E-state index contributed by atoms with van der Waals surface area (Å²) in [5, 5.41) is 4.10. The maximum Gasteiger partial charge on any atom is 0.329 e. The van der Waals surface area contributed by atoms with E-state index in [-0.39, 0.29) is 11.3 Å². The van der Waals surface area contributed by atoms with Crippen molar-refractivity contribution >= 4 is 21.7 Å². The number of aromatic nitrogens is 2. The van der Waals surface area contributed by atoms with Gasteiger partial charge in [-0.05, 0) is 48.9 Å². The molecule has 3 aromatic rings. The fourth-order valence-electron chi connectivity index (χ4n) is 3.14. The van der Waals surface area contributed by atoms with Crippen LogP contribution in [0.3, 0.4) is 0 Å². The molecule has 3 rings (SSSR count). The van der Waals surface area contributed by atoms with Crippen LogP contribution in [0.5, 0.6) is 5.75 Å². The first-order valence-electron chi connectivity index (χ1n) is 9.85. The van der Waals surface area contributed by atoms with Gasteiger partial charge in [-0.2, -0.15) is 5.10 Å². The number of hydrogen-bond donors (Lipinski definition) is 0. The normalized spacial score (nSPS) is 12.2. The molecule has 0 N–H and O–H groups in total. The van der Waals surface area contributed by atoms with Crippen LogP contribution in [0.25, 0.3) is 0 Å². The topological polar surface area (TPSA) is 90.7 Å². The number of ether oxygens (including phenoxy) is 2. The van der Waals surface area contributed by atoms with Crippen LogP contribution in [0.15, 0.2) is 78.0 Å². The van der Waals surface area contributed by atoms with Crippen LogP contribution in [0.1, 0.15) is 13.3 Å². The summed E-state index contributed by atoms with van der Waals surface area (Å²) in [5.74, 6) is -0.0779. The van der Waals surface area contributed by atoms with Crippen LogP contribution in [0.4, 0.5) is 5.69 Å². The van der Waals surface area contributed by atoms with Crippen molar-refractivity contribution in [3.05, 3.63) is 73.1 Å². The van der Waals surface area contributed by atoms with Gasteiger partial charge in [-0.1, -0.05) is 25.1 Å². The van der Waals surface area contributed by atoms with E-state index in [0.717, 1.165) is 4.31 Å². The monoisotopic (exact) mass is 443 g/mol. The molecule has 0 saturated carbocycles. The summed E-state index contributed by atoms with van der Waals surface area (Å²) in [6.07, 6.45) is 3.79. The van der Waals surface area contributed by atoms with Gasteiger partial charge in [-0.25, -0.2) is 13.2 Å². The van der Waals surface area contributed by atoms with Crippen molar-refractivity contribution < 1.29 is 22.7 Å². The number of carbonyl (C=O) groups is 1. The van der Waals surface area contributed by atoms with Gasteiger partial charge in [0.1, 0.15) is 18.4 Å². The van der Waals surface area contributed by atoms with Crippen molar-refractivity contribution in [1.29, 1.82) is 0 Å². The molecule has 0 spiro atoms. The van der Waals surface area contributed by atoms with E-state index >= 15 is 0 Å². The Kier molecular flexibility index (Phi) is 7.30. The molecule has 9 heteroatoms. The molecule has 0 aliphatic carbocycles. The molecule has 1 atom stereocenters. The van der Waals surface area contributed by atoms with E-state index in [1.54, 1.807) is 60.3 Å². The van der Waals surface area contributed by atoms with Gasteiger partial charge in [0.05, 0.1) is 24.2 Å². The SMILES string of the molecule is CC[C@@H](C(=O)OC)N(c1ccccc1)S(=O)(=O)c1ccc(OCCn2cccn2)cc1. The standard InChI is InChI=1S/C22H25N3O5S/c1-3-21(22(26)29-2)25(18-8-5-4-6-9-18)31(27,28)20-12-10-19(11-13-20)30-17-16-24-15-7-14-23-24/h4-15,21H,3,16-17H2,1-2H3/t21-/m0/s1. The third-order valence-corrected chi connectivity index (χ3v) is 6.53. The number of anilines is 1. The fraction of sp³-hybridized carbons (Fsp3) is 0.273. The second kappa shape index (κ2) is 10.1. The van der Waals surface area contributed by atoms with Gasteiger partial charge >= 0.3 is 5.97 Å². The molecule has 2 aromatic carbocycles. The van der Waals surface area contributed by atoms with E-state index in [1.807, 2.05) is 12.3 Å². The highest BCUT2D eigenvalue weighted by molar-refractivity contribution is 7.93. The minimum absolute atomic E-state index is 0.0538. The first kappa shape index (κ1) is 22.4. The Hall–Kier alpha value is -3.33. The zero-order valence-electron chi connectivity index (χ0n) is 17.4.